The average Bonchev–Trinajstić information content (AvgIpc) is 2.94. The van der Waals surface area contributed by atoms with Gasteiger partial charge in [0, 0.05) is 17.8 Å². The van der Waals surface area contributed by atoms with Gasteiger partial charge in [-0.2, -0.15) is 4.98 Å². The Morgan fingerprint density at radius 2 is 1.91 bits per heavy atom. The molecule has 1 aromatic carbocycles. The van der Waals surface area contributed by atoms with E-state index in [-0.39, 0.29) is 23.8 Å². The normalized spacial score (nSPS) is 10.9. The van der Waals surface area contributed by atoms with E-state index in [2.05, 4.69) is 10.1 Å². The highest BCUT2D eigenvalue weighted by molar-refractivity contribution is 5.54. The summed E-state index contributed by atoms with van der Waals surface area (Å²) in [4.78, 5) is 15.5. The van der Waals surface area contributed by atoms with Crippen LogP contribution < -0.4 is 5.56 Å². The summed E-state index contributed by atoms with van der Waals surface area (Å²) in [7, 11) is 0. The minimum atomic E-state index is -1.04. The molecule has 3 rings (SSSR count). The van der Waals surface area contributed by atoms with E-state index in [1.54, 1.807) is 0 Å². The van der Waals surface area contributed by atoms with Crippen LogP contribution in [-0.2, 0) is 6.54 Å². The van der Waals surface area contributed by atoms with Crippen molar-refractivity contribution in [1.29, 1.82) is 0 Å². The highest BCUT2D eigenvalue weighted by Crippen LogP contribution is 2.18. The summed E-state index contributed by atoms with van der Waals surface area (Å²) in [6.07, 6.45) is 1.00. The zero-order valence-electron chi connectivity index (χ0n) is 11.0. The molecule has 0 aliphatic heterocycles. The third kappa shape index (κ3) is 2.76. The Kier molecular flexibility index (Phi) is 3.50. The highest BCUT2D eigenvalue weighted by Gasteiger charge is 2.12. The van der Waals surface area contributed by atoms with Gasteiger partial charge in [0.1, 0.15) is 12.4 Å². The fourth-order valence-corrected chi connectivity index (χ4v) is 1.84. The minimum absolute atomic E-state index is 0.0347. The number of rotatable bonds is 3. The molecule has 0 unspecified atom stereocenters. The van der Waals surface area contributed by atoms with Crippen molar-refractivity contribution in [3.8, 4) is 11.4 Å². The van der Waals surface area contributed by atoms with Gasteiger partial charge in [0.25, 0.3) is 5.56 Å². The lowest BCUT2D eigenvalue weighted by molar-refractivity contribution is 0.369. The lowest BCUT2D eigenvalue weighted by Gasteiger charge is -2.00. The van der Waals surface area contributed by atoms with Crippen LogP contribution in [0.3, 0.4) is 0 Å². The monoisotopic (exact) mass is 307 g/mol. The van der Waals surface area contributed by atoms with Crippen LogP contribution in [0.4, 0.5) is 13.2 Å². The Morgan fingerprint density at radius 3 is 2.68 bits per heavy atom. The molecule has 5 nitrogen and oxygen atoms in total. The molecular weight excluding hydrogens is 299 g/mol. The van der Waals surface area contributed by atoms with E-state index in [1.807, 2.05) is 0 Å². The molecule has 0 amide bonds. The first-order valence-electron chi connectivity index (χ1n) is 6.17. The van der Waals surface area contributed by atoms with Gasteiger partial charge >= 0.3 is 0 Å². The van der Waals surface area contributed by atoms with Crippen molar-refractivity contribution in [2.75, 3.05) is 0 Å². The van der Waals surface area contributed by atoms with Gasteiger partial charge in [-0.3, -0.25) is 4.79 Å². The smallest absolute Gasteiger partial charge is 0.251 e. The Balaban J connectivity index is 1.89. The second-order valence-corrected chi connectivity index (χ2v) is 4.45. The minimum Gasteiger partial charge on any atom is -0.337 e. The maximum atomic E-state index is 13.2. The van der Waals surface area contributed by atoms with Crippen molar-refractivity contribution in [2.24, 2.45) is 0 Å². The maximum absolute atomic E-state index is 13.2. The van der Waals surface area contributed by atoms with Gasteiger partial charge in [-0.05, 0) is 24.3 Å². The average molecular weight is 307 g/mol. The van der Waals surface area contributed by atoms with Crippen molar-refractivity contribution < 1.29 is 17.7 Å². The number of pyridine rings is 1. The molecule has 0 fully saturated rings. The van der Waals surface area contributed by atoms with Crippen molar-refractivity contribution in [1.82, 2.24) is 14.7 Å². The van der Waals surface area contributed by atoms with Gasteiger partial charge in [0.2, 0.25) is 11.7 Å². The number of benzene rings is 1. The first-order chi connectivity index (χ1) is 10.5. The lowest BCUT2D eigenvalue weighted by Crippen LogP contribution is -2.19. The summed E-state index contributed by atoms with van der Waals surface area (Å²) in [6.45, 7) is -0.132. The number of halogens is 3. The number of hydrogen-bond donors (Lipinski definition) is 0. The quantitative estimate of drug-likeness (QED) is 0.745. The molecule has 0 saturated carbocycles. The standard InChI is InChI=1S/C14H8F3N3O2/c15-9-2-4-13(21)20(6-9)7-12-18-14(19-22-12)8-1-3-10(16)11(17)5-8/h1-6H,7H2. The van der Waals surface area contributed by atoms with Gasteiger partial charge < -0.3 is 9.09 Å². The van der Waals surface area contributed by atoms with Gasteiger partial charge in [0.15, 0.2) is 11.6 Å². The van der Waals surface area contributed by atoms with Crippen LogP contribution in [0.15, 0.2) is 45.8 Å². The molecule has 0 aliphatic rings. The maximum Gasteiger partial charge on any atom is 0.251 e. The fraction of sp³-hybridized carbons (Fsp3) is 0.0714. The van der Waals surface area contributed by atoms with Gasteiger partial charge in [0.05, 0.1) is 0 Å². The molecule has 2 aromatic heterocycles. The molecular formula is C14H8F3N3O2. The van der Waals surface area contributed by atoms with Crippen LogP contribution in [0.2, 0.25) is 0 Å². The fourth-order valence-electron chi connectivity index (χ4n) is 1.84. The van der Waals surface area contributed by atoms with E-state index in [0.717, 1.165) is 35.0 Å². The Morgan fingerprint density at radius 1 is 1.09 bits per heavy atom. The van der Waals surface area contributed by atoms with E-state index < -0.39 is 23.0 Å². The van der Waals surface area contributed by atoms with E-state index in [0.29, 0.717) is 0 Å². The van der Waals surface area contributed by atoms with Crippen LogP contribution in [-0.4, -0.2) is 14.7 Å². The van der Waals surface area contributed by atoms with Crippen LogP contribution in [0, 0.1) is 17.5 Å². The summed E-state index contributed by atoms with van der Waals surface area (Å²) in [5, 5.41) is 3.62. The molecule has 0 aliphatic carbocycles. The molecule has 112 valence electrons. The second kappa shape index (κ2) is 5.47. The summed E-state index contributed by atoms with van der Waals surface area (Å²) < 4.78 is 45.1. The van der Waals surface area contributed by atoms with Crippen molar-refractivity contribution in [3.05, 3.63) is 70.2 Å². The first-order valence-corrected chi connectivity index (χ1v) is 6.17. The van der Waals surface area contributed by atoms with Crippen LogP contribution in [0.1, 0.15) is 5.89 Å². The van der Waals surface area contributed by atoms with E-state index in [1.165, 1.54) is 6.07 Å². The molecule has 0 bridgehead atoms. The Hall–Kier alpha value is -2.90. The second-order valence-electron chi connectivity index (χ2n) is 4.45. The van der Waals surface area contributed by atoms with E-state index in [9.17, 15) is 18.0 Å². The summed E-state index contributed by atoms with van der Waals surface area (Å²) >= 11 is 0. The zero-order chi connectivity index (χ0) is 15.7. The molecule has 3 aromatic rings. The van der Waals surface area contributed by atoms with Gasteiger partial charge in [-0.1, -0.05) is 5.16 Å². The molecule has 22 heavy (non-hydrogen) atoms. The molecule has 0 atom stereocenters. The molecule has 2 heterocycles. The van der Waals surface area contributed by atoms with Crippen LogP contribution >= 0.6 is 0 Å². The molecule has 8 heteroatoms. The van der Waals surface area contributed by atoms with Crippen molar-refractivity contribution in [3.63, 3.8) is 0 Å². The topological polar surface area (TPSA) is 60.9 Å². The Labute approximate surface area is 121 Å². The summed E-state index contributed by atoms with van der Waals surface area (Å²) in [5.41, 5.74) is -0.213. The van der Waals surface area contributed by atoms with Gasteiger partial charge in [-0.25, -0.2) is 13.2 Å². The summed E-state index contributed by atoms with van der Waals surface area (Å²) in [5.74, 6) is -2.53. The number of aromatic nitrogens is 3. The number of hydrogen-bond acceptors (Lipinski definition) is 4. The Bertz CT molecular complexity index is 889. The molecule has 0 spiro atoms. The largest absolute Gasteiger partial charge is 0.337 e. The van der Waals surface area contributed by atoms with Crippen LogP contribution in [0.5, 0.6) is 0 Å². The van der Waals surface area contributed by atoms with Crippen molar-refractivity contribution in [2.45, 2.75) is 6.54 Å². The number of nitrogens with zero attached hydrogens (tertiary/aromatic N) is 3. The molecule has 0 N–H and O–H groups in total. The lowest BCUT2D eigenvalue weighted by atomic mass is 10.2. The third-order valence-electron chi connectivity index (χ3n) is 2.90. The molecule has 0 radical (unpaired) electrons. The predicted octanol–water partition coefficient (Wildman–Crippen LogP) is 2.36. The van der Waals surface area contributed by atoms with Gasteiger partial charge in [-0.15, -0.1) is 0 Å². The van der Waals surface area contributed by atoms with Crippen molar-refractivity contribution >= 4 is 0 Å². The zero-order valence-corrected chi connectivity index (χ0v) is 11.0. The van der Waals surface area contributed by atoms with E-state index >= 15 is 0 Å². The highest BCUT2D eigenvalue weighted by atomic mass is 19.2. The SMILES string of the molecule is O=c1ccc(F)cn1Cc1nc(-c2ccc(F)c(F)c2)no1. The summed E-state index contributed by atoms with van der Waals surface area (Å²) in [6, 6.07) is 5.28. The third-order valence-corrected chi connectivity index (χ3v) is 2.90. The first kappa shape index (κ1) is 14.1. The van der Waals surface area contributed by atoms with Crippen LogP contribution in [0.25, 0.3) is 11.4 Å². The van der Waals surface area contributed by atoms with E-state index in [4.69, 9.17) is 4.52 Å². The molecule has 0 saturated heterocycles. The predicted molar refractivity (Wildman–Crippen MR) is 69.4 cm³/mol.